The maximum Gasteiger partial charge on any atom is 1.00 e. The first-order valence-electron chi connectivity index (χ1n) is 3.29. The zero-order valence-corrected chi connectivity index (χ0v) is 10.0. The molecule has 0 heterocycles. The minimum absolute atomic E-state index is 0. The Morgan fingerprint density at radius 2 is 1.85 bits per heavy atom. The molecule has 0 radical (unpaired) electrons. The Bertz CT molecular complexity index is 377. The van der Waals surface area contributed by atoms with E-state index in [-0.39, 0.29) is 41.0 Å². The molecule has 0 spiro atoms. The molecule has 0 unspecified atom stereocenters. The van der Waals surface area contributed by atoms with E-state index in [1.807, 2.05) is 0 Å². The molecule has 0 amide bonds. The van der Waals surface area contributed by atoms with Crippen LogP contribution in [-0.2, 0) is 16.7 Å². The van der Waals surface area contributed by atoms with Gasteiger partial charge in [-0.2, -0.15) is 0 Å². The summed E-state index contributed by atoms with van der Waals surface area (Å²) >= 11 is 0. The third-order valence-electron chi connectivity index (χ3n) is 1.46. The van der Waals surface area contributed by atoms with E-state index >= 15 is 0 Å². The van der Waals surface area contributed by atoms with E-state index in [0.717, 1.165) is 0 Å². The maximum atomic E-state index is 10.6. The van der Waals surface area contributed by atoms with Gasteiger partial charge in [0, 0.05) is 6.54 Å². The summed E-state index contributed by atoms with van der Waals surface area (Å²) < 4.78 is 31.8. The Labute approximate surface area is 99.2 Å². The zero-order valence-electron chi connectivity index (χ0n) is 7.23. The zero-order chi connectivity index (χ0) is 9.19. The number of hydrogen-bond acceptors (Lipinski definition) is 4. The van der Waals surface area contributed by atoms with E-state index in [0.29, 0.717) is 5.56 Å². The van der Waals surface area contributed by atoms with Gasteiger partial charge in [0.25, 0.3) is 0 Å². The Morgan fingerprint density at radius 1 is 1.31 bits per heavy atom. The minimum atomic E-state index is -4.38. The van der Waals surface area contributed by atoms with Gasteiger partial charge in [-0.1, -0.05) is 18.2 Å². The first kappa shape index (κ1) is 13.1. The average molecular weight is 209 g/mol. The van der Waals surface area contributed by atoms with Gasteiger partial charge in [0.15, 0.2) is 0 Å². The van der Waals surface area contributed by atoms with Crippen LogP contribution in [0.25, 0.3) is 0 Å². The summed E-state index contributed by atoms with van der Waals surface area (Å²) in [5.41, 5.74) is 5.60. The third kappa shape index (κ3) is 3.38. The van der Waals surface area contributed by atoms with E-state index in [4.69, 9.17) is 5.73 Å². The predicted molar refractivity (Wildman–Crippen MR) is 42.3 cm³/mol. The summed E-state index contributed by atoms with van der Waals surface area (Å²) in [6, 6.07) is 5.90. The quantitative estimate of drug-likeness (QED) is 0.417. The molecule has 6 heteroatoms. The van der Waals surface area contributed by atoms with Crippen LogP contribution >= 0.6 is 0 Å². The van der Waals surface area contributed by atoms with Gasteiger partial charge in [0.05, 0.1) is 4.90 Å². The number of hydrogen-bond donors (Lipinski definition) is 1. The second-order valence-electron chi connectivity index (χ2n) is 2.27. The summed E-state index contributed by atoms with van der Waals surface area (Å²) in [7, 11) is -4.38. The van der Waals surface area contributed by atoms with Crippen LogP contribution in [0, 0.1) is 0 Å². The number of rotatable bonds is 2. The normalized spacial score (nSPS) is 10.6. The van der Waals surface area contributed by atoms with Crippen molar-refractivity contribution in [2.45, 2.75) is 11.4 Å². The van der Waals surface area contributed by atoms with Crippen molar-refractivity contribution in [3.05, 3.63) is 29.8 Å². The fraction of sp³-hybridized carbons (Fsp3) is 0.143. The Morgan fingerprint density at radius 3 is 2.23 bits per heavy atom. The first-order valence-corrected chi connectivity index (χ1v) is 4.70. The van der Waals surface area contributed by atoms with E-state index in [2.05, 4.69) is 0 Å². The topological polar surface area (TPSA) is 83.2 Å². The molecule has 0 atom stereocenters. The van der Waals surface area contributed by atoms with Gasteiger partial charge in [-0.15, -0.1) is 0 Å². The van der Waals surface area contributed by atoms with Crippen molar-refractivity contribution < 1.29 is 42.5 Å². The van der Waals surface area contributed by atoms with Gasteiger partial charge in [-0.05, 0) is 11.6 Å². The molecule has 66 valence electrons. The van der Waals surface area contributed by atoms with Crippen molar-refractivity contribution >= 4 is 10.1 Å². The Hall–Kier alpha value is 0.0900. The van der Waals surface area contributed by atoms with E-state index in [9.17, 15) is 13.0 Å². The van der Waals surface area contributed by atoms with Crippen molar-refractivity contribution in [3.63, 3.8) is 0 Å². The summed E-state index contributed by atoms with van der Waals surface area (Å²) in [5.74, 6) is 0. The van der Waals surface area contributed by atoms with Gasteiger partial charge in [0.2, 0.25) is 0 Å². The van der Waals surface area contributed by atoms with Crippen LogP contribution in [0.5, 0.6) is 0 Å². The molecular weight excluding hydrogens is 201 g/mol. The smallest absolute Gasteiger partial charge is 0.744 e. The van der Waals surface area contributed by atoms with Crippen LogP contribution in [0.2, 0.25) is 0 Å². The van der Waals surface area contributed by atoms with Crippen LogP contribution in [-0.4, -0.2) is 13.0 Å². The van der Waals surface area contributed by atoms with Crippen LogP contribution in [0.15, 0.2) is 29.2 Å². The maximum absolute atomic E-state index is 10.6. The molecule has 0 bridgehead atoms. The first-order chi connectivity index (χ1) is 5.55. The molecule has 2 N–H and O–H groups in total. The van der Waals surface area contributed by atoms with Crippen LogP contribution < -0.4 is 35.3 Å². The number of nitrogens with two attached hydrogens (primary N) is 1. The average Bonchev–Trinajstić information content (AvgIpc) is 2.03. The molecule has 1 aromatic carbocycles. The molecule has 4 nitrogen and oxygen atoms in total. The van der Waals surface area contributed by atoms with E-state index in [1.165, 1.54) is 18.2 Å². The van der Waals surface area contributed by atoms with Gasteiger partial charge in [-0.3, -0.25) is 0 Å². The monoisotopic (exact) mass is 209 g/mol. The molecule has 13 heavy (non-hydrogen) atoms. The van der Waals surface area contributed by atoms with Crippen molar-refractivity contribution in [1.29, 1.82) is 0 Å². The fourth-order valence-corrected chi connectivity index (χ4v) is 1.63. The Balaban J connectivity index is 0.00000144. The van der Waals surface area contributed by atoms with Gasteiger partial charge >= 0.3 is 29.6 Å². The van der Waals surface area contributed by atoms with Crippen LogP contribution in [0.1, 0.15) is 5.56 Å². The molecular formula is C7H8NNaO3S. The predicted octanol–water partition coefficient (Wildman–Crippen LogP) is -2.95. The minimum Gasteiger partial charge on any atom is -0.744 e. The molecule has 0 aromatic heterocycles. The van der Waals surface area contributed by atoms with Crippen molar-refractivity contribution in [3.8, 4) is 0 Å². The molecule has 0 fully saturated rings. The summed E-state index contributed by atoms with van der Waals surface area (Å²) in [4.78, 5) is -0.229. The number of benzene rings is 1. The molecule has 1 rings (SSSR count). The third-order valence-corrected chi connectivity index (χ3v) is 2.40. The fourth-order valence-electron chi connectivity index (χ4n) is 0.916. The Kier molecular flexibility index (Phi) is 5.13. The standard InChI is InChI=1S/C7H9NO3S.Na/c8-5-6-3-1-2-4-7(6)12(9,10)11;/h1-4H,5,8H2,(H,9,10,11);/q;+1/p-1. The second-order valence-corrected chi connectivity index (χ2v) is 3.61. The largest absolute Gasteiger partial charge is 1.00 e. The summed E-state index contributed by atoms with van der Waals surface area (Å²) in [5, 5.41) is 0. The van der Waals surface area contributed by atoms with E-state index in [1.54, 1.807) is 6.07 Å². The van der Waals surface area contributed by atoms with E-state index < -0.39 is 10.1 Å². The molecule has 0 saturated carbocycles. The van der Waals surface area contributed by atoms with Gasteiger partial charge < -0.3 is 10.3 Å². The van der Waals surface area contributed by atoms with Crippen LogP contribution in [0.4, 0.5) is 0 Å². The molecule has 0 aliphatic rings. The van der Waals surface area contributed by atoms with Gasteiger partial charge in [0.1, 0.15) is 10.1 Å². The molecule has 0 saturated heterocycles. The second kappa shape index (κ2) is 5.09. The van der Waals surface area contributed by atoms with Crippen molar-refractivity contribution in [2.75, 3.05) is 0 Å². The summed E-state index contributed by atoms with van der Waals surface area (Å²) in [6.07, 6.45) is 0. The molecule has 1 aromatic rings. The SMILES string of the molecule is NCc1ccccc1S(=O)(=O)[O-].[Na+]. The molecule has 0 aliphatic carbocycles. The van der Waals surface area contributed by atoms with Crippen molar-refractivity contribution in [1.82, 2.24) is 0 Å². The van der Waals surface area contributed by atoms with Gasteiger partial charge in [-0.25, -0.2) is 8.42 Å². The van der Waals surface area contributed by atoms with Crippen LogP contribution in [0.3, 0.4) is 0 Å². The van der Waals surface area contributed by atoms with Crippen molar-refractivity contribution in [2.24, 2.45) is 5.73 Å². The summed E-state index contributed by atoms with van der Waals surface area (Å²) in [6.45, 7) is 0.0532. The molecule has 0 aliphatic heterocycles.